The Kier molecular flexibility index (Phi) is 3.49. The van der Waals surface area contributed by atoms with Crippen molar-refractivity contribution in [2.24, 2.45) is 7.05 Å². The van der Waals surface area contributed by atoms with Crippen molar-refractivity contribution in [2.45, 2.75) is 24.5 Å². The summed E-state index contributed by atoms with van der Waals surface area (Å²) in [5.41, 5.74) is 0.793. The maximum atomic E-state index is 12.4. The summed E-state index contributed by atoms with van der Waals surface area (Å²) in [7, 11) is -1.25. The molecule has 0 N–H and O–H groups in total. The van der Waals surface area contributed by atoms with Crippen molar-refractivity contribution < 1.29 is 8.42 Å². The first-order valence-electron chi connectivity index (χ1n) is 7.94. The monoisotopic (exact) mass is 336 g/mol. The molecule has 1 saturated carbocycles. The van der Waals surface area contributed by atoms with Crippen LogP contribution in [0, 0.1) is 0 Å². The quantitative estimate of drug-likeness (QED) is 0.805. The third-order valence-electron chi connectivity index (χ3n) is 4.57. The summed E-state index contributed by atoms with van der Waals surface area (Å²) in [6.45, 7) is 2.55. The lowest BCUT2D eigenvalue weighted by Crippen LogP contribution is -2.37. The number of aromatic nitrogens is 4. The molecule has 0 unspecified atom stereocenters. The van der Waals surface area contributed by atoms with Gasteiger partial charge in [-0.15, -0.1) is 0 Å². The summed E-state index contributed by atoms with van der Waals surface area (Å²) < 4.78 is 28.2. The van der Waals surface area contributed by atoms with Crippen molar-refractivity contribution in [3.8, 4) is 0 Å². The van der Waals surface area contributed by atoms with E-state index in [1.54, 1.807) is 21.5 Å². The minimum Gasteiger partial charge on any atom is -0.355 e. The molecule has 23 heavy (non-hydrogen) atoms. The van der Waals surface area contributed by atoms with E-state index in [9.17, 15) is 8.42 Å². The van der Waals surface area contributed by atoms with Gasteiger partial charge in [0.1, 0.15) is 12.1 Å². The minimum atomic E-state index is -3.10. The molecule has 0 amide bonds. The molecule has 0 aromatic carbocycles. The first-order valence-corrected chi connectivity index (χ1v) is 9.44. The third kappa shape index (κ3) is 2.57. The summed E-state index contributed by atoms with van der Waals surface area (Å²) >= 11 is 0. The van der Waals surface area contributed by atoms with Crippen LogP contribution in [0.1, 0.15) is 19.3 Å². The van der Waals surface area contributed by atoms with Gasteiger partial charge in [-0.1, -0.05) is 0 Å². The normalized spacial score (nSPS) is 20.8. The Bertz CT molecular complexity index is 829. The Hall–Kier alpha value is -1.74. The van der Waals surface area contributed by atoms with Gasteiger partial charge in [0, 0.05) is 33.2 Å². The van der Waals surface area contributed by atoms with Gasteiger partial charge in [0.25, 0.3) is 0 Å². The highest BCUT2D eigenvalue weighted by atomic mass is 32.2. The molecule has 2 aliphatic rings. The van der Waals surface area contributed by atoms with E-state index >= 15 is 0 Å². The van der Waals surface area contributed by atoms with E-state index in [1.807, 2.05) is 7.05 Å². The fraction of sp³-hybridized carbons (Fsp3) is 0.643. The van der Waals surface area contributed by atoms with E-state index in [0.717, 1.165) is 42.7 Å². The number of hydrogen-bond acceptors (Lipinski definition) is 6. The summed E-state index contributed by atoms with van der Waals surface area (Å²) in [6, 6.07) is 0. The van der Waals surface area contributed by atoms with Crippen molar-refractivity contribution in [3.05, 3.63) is 12.5 Å². The maximum Gasteiger partial charge on any atom is 0.217 e. The number of nitrogens with zero attached hydrogens (tertiary/aromatic N) is 6. The van der Waals surface area contributed by atoms with E-state index in [4.69, 9.17) is 0 Å². The van der Waals surface area contributed by atoms with Gasteiger partial charge >= 0.3 is 0 Å². The highest BCUT2D eigenvalue weighted by molar-refractivity contribution is 7.90. The fourth-order valence-corrected chi connectivity index (χ4v) is 5.01. The third-order valence-corrected chi connectivity index (χ3v) is 6.97. The SMILES string of the molecule is Cn1ncc2c(N3CCCN(S(=O)(=O)C4CC4)CC3)ncnc21. The maximum absolute atomic E-state index is 12.4. The molecule has 1 aliphatic carbocycles. The van der Waals surface area contributed by atoms with Crippen molar-refractivity contribution >= 4 is 26.9 Å². The zero-order chi connectivity index (χ0) is 16.0. The van der Waals surface area contributed by atoms with Gasteiger partial charge in [0.05, 0.1) is 16.8 Å². The van der Waals surface area contributed by atoms with Gasteiger partial charge in [0.2, 0.25) is 10.0 Å². The molecule has 124 valence electrons. The van der Waals surface area contributed by atoms with Gasteiger partial charge in [-0.25, -0.2) is 18.4 Å². The highest BCUT2D eigenvalue weighted by Gasteiger charge is 2.40. The zero-order valence-electron chi connectivity index (χ0n) is 13.1. The number of rotatable bonds is 3. The minimum absolute atomic E-state index is 0.141. The molecule has 1 aliphatic heterocycles. The second-order valence-corrected chi connectivity index (χ2v) is 8.40. The predicted octanol–water partition coefficient (Wildman–Crippen LogP) is 0.368. The molecular weight excluding hydrogens is 316 g/mol. The first-order chi connectivity index (χ1) is 11.1. The molecule has 2 fully saturated rings. The Morgan fingerprint density at radius 1 is 1.13 bits per heavy atom. The molecule has 0 radical (unpaired) electrons. The molecule has 0 spiro atoms. The largest absolute Gasteiger partial charge is 0.355 e. The number of hydrogen-bond donors (Lipinski definition) is 0. The van der Waals surface area contributed by atoms with Gasteiger partial charge < -0.3 is 4.90 Å². The van der Waals surface area contributed by atoms with Crippen LogP contribution in [0.4, 0.5) is 5.82 Å². The lowest BCUT2D eigenvalue weighted by molar-refractivity contribution is 0.432. The highest BCUT2D eigenvalue weighted by Crippen LogP contribution is 2.32. The standard InChI is InChI=1S/C14H20N6O2S/c1-18-13-12(9-17-18)14(16-10-15-13)19-5-2-6-20(8-7-19)23(21,22)11-3-4-11/h9-11H,2-8H2,1H3. The van der Waals surface area contributed by atoms with Crippen LogP contribution in [0.5, 0.6) is 0 Å². The van der Waals surface area contributed by atoms with Crippen LogP contribution in [0.2, 0.25) is 0 Å². The van der Waals surface area contributed by atoms with Crippen LogP contribution in [0.25, 0.3) is 11.0 Å². The Morgan fingerprint density at radius 2 is 1.96 bits per heavy atom. The lowest BCUT2D eigenvalue weighted by atomic mass is 10.3. The van der Waals surface area contributed by atoms with Crippen molar-refractivity contribution in [1.82, 2.24) is 24.1 Å². The number of anilines is 1. The second kappa shape index (κ2) is 5.41. The van der Waals surface area contributed by atoms with Crippen molar-refractivity contribution in [1.29, 1.82) is 0 Å². The predicted molar refractivity (Wildman–Crippen MR) is 86.6 cm³/mol. The second-order valence-electron chi connectivity index (χ2n) is 6.19. The molecule has 0 atom stereocenters. The van der Waals surface area contributed by atoms with Crippen molar-refractivity contribution in [2.75, 3.05) is 31.1 Å². The summed E-state index contributed by atoms with van der Waals surface area (Å²) in [5, 5.41) is 5.01. The van der Waals surface area contributed by atoms with Gasteiger partial charge in [-0.2, -0.15) is 9.40 Å². The summed E-state index contributed by atoms with van der Waals surface area (Å²) in [4.78, 5) is 10.8. The number of aryl methyl sites for hydroxylation is 1. The smallest absolute Gasteiger partial charge is 0.217 e. The van der Waals surface area contributed by atoms with Crippen LogP contribution in [0.15, 0.2) is 12.5 Å². The van der Waals surface area contributed by atoms with E-state index in [2.05, 4.69) is 20.0 Å². The molecule has 2 aromatic rings. The van der Waals surface area contributed by atoms with E-state index in [0.29, 0.717) is 19.6 Å². The first kappa shape index (κ1) is 14.8. The van der Waals surface area contributed by atoms with E-state index < -0.39 is 10.0 Å². The average molecular weight is 336 g/mol. The topological polar surface area (TPSA) is 84.2 Å². The molecule has 2 aromatic heterocycles. The molecule has 8 nitrogen and oxygen atoms in total. The van der Waals surface area contributed by atoms with Crippen LogP contribution in [-0.4, -0.2) is 63.9 Å². The molecule has 9 heteroatoms. The molecule has 3 heterocycles. The summed E-state index contributed by atoms with van der Waals surface area (Å²) in [6.07, 6.45) is 5.74. The summed E-state index contributed by atoms with van der Waals surface area (Å²) in [5.74, 6) is 0.841. The molecule has 4 rings (SSSR count). The van der Waals surface area contributed by atoms with Gasteiger partial charge in [-0.3, -0.25) is 4.68 Å². The molecular formula is C14H20N6O2S. The Morgan fingerprint density at radius 3 is 2.74 bits per heavy atom. The van der Waals surface area contributed by atoms with Crippen LogP contribution in [0.3, 0.4) is 0 Å². The van der Waals surface area contributed by atoms with Gasteiger partial charge in [0.15, 0.2) is 5.65 Å². The Balaban J connectivity index is 1.58. The molecule has 1 saturated heterocycles. The van der Waals surface area contributed by atoms with Crippen molar-refractivity contribution in [3.63, 3.8) is 0 Å². The zero-order valence-corrected chi connectivity index (χ0v) is 13.9. The van der Waals surface area contributed by atoms with E-state index in [-0.39, 0.29) is 5.25 Å². The lowest BCUT2D eigenvalue weighted by Gasteiger charge is -2.22. The van der Waals surface area contributed by atoms with Crippen LogP contribution in [-0.2, 0) is 17.1 Å². The van der Waals surface area contributed by atoms with Crippen LogP contribution < -0.4 is 4.90 Å². The number of sulfonamides is 1. The van der Waals surface area contributed by atoms with E-state index in [1.165, 1.54) is 0 Å². The molecule has 0 bridgehead atoms. The number of fused-ring (bicyclic) bond motifs is 1. The van der Waals surface area contributed by atoms with Gasteiger partial charge in [-0.05, 0) is 19.3 Å². The average Bonchev–Trinajstić information content (AvgIpc) is 3.35. The van der Waals surface area contributed by atoms with Crippen LogP contribution >= 0.6 is 0 Å². The fourth-order valence-electron chi connectivity index (χ4n) is 3.14. The Labute approximate surface area is 135 Å².